The molecule has 19 heavy (non-hydrogen) atoms. The molecule has 1 unspecified atom stereocenters. The second kappa shape index (κ2) is 6.70. The molecule has 0 amide bonds. The Bertz CT molecular complexity index is 528. The molecule has 2 aromatic rings. The fourth-order valence-corrected chi connectivity index (χ4v) is 2.66. The predicted molar refractivity (Wildman–Crippen MR) is 78.4 cm³/mol. The molecule has 0 saturated heterocycles. The van der Waals surface area contributed by atoms with Crippen molar-refractivity contribution < 1.29 is 4.39 Å². The lowest BCUT2D eigenvalue weighted by atomic mass is 9.99. The summed E-state index contributed by atoms with van der Waals surface area (Å²) in [4.78, 5) is 1.22. The minimum Gasteiger partial charge on any atom is -0.271 e. The highest BCUT2D eigenvalue weighted by Gasteiger charge is 2.12. The van der Waals surface area contributed by atoms with Crippen LogP contribution in [0.5, 0.6) is 0 Å². The van der Waals surface area contributed by atoms with Crippen molar-refractivity contribution in [3.8, 4) is 0 Å². The molecule has 4 heteroatoms. The van der Waals surface area contributed by atoms with E-state index in [1.165, 1.54) is 17.0 Å². The maximum atomic E-state index is 13.3. The highest BCUT2D eigenvalue weighted by atomic mass is 32.2. The molecule has 2 aromatic carbocycles. The Morgan fingerprint density at radius 1 is 1.16 bits per heavy atom. The summed E-state index contributed by atoms with van der Waals surface area (Å²) in [6.07, 6.45) is 0. The van der Waals surface area contributed by atoms with Crippen LogP contribution < -0.4 is 11.3 Å². The molecule has 0 bridgehead atoms. The van der Waals surface area contributed by atoms with Crippen molar-refractivity contribution in [2.45, 2.75) is 17.9 Å². The van der Waals surface area contributed by atoms with Crippen LogP contribution in [0.4, 0.5) is 4.39 Å². The molecule has 2 rings (SSSR count). The number of hydrazine groups is 1. The van der Waals surface area contributed by atoms with Crippen molar-refractivity contribution in [2.75, 3.05) is 5.75 Å². The van der Waals surface area contributed by atoms with Gasteiger partial charge in [-0.1, -0.05) is 31.2 Å². The smallest absolute Gasteiger partial charge is 0.123 e. The van der Waals surface area contributed by atoms with E-state index < -0.39 is 0 Å². The first-order valence-corrected chi connectivity index (χ1v) is 7.17. The second-order valence-corrected chi connectivity index (χ2v) is 5.49. The third-order valence-electron chi connectivity index (χ3n) is 2.87. The molecule has 0 heterocycles. The van der Waals surface area contributed by atoms with Gasteiger partial charge in [-0.15, -0.1) is 11.8 Å². The van der Waals surface area contributed by atoms with Crippen molar-refractivity contribution in [2.24, 2.45) is 5.84 Å². The van der Waals surface area contributed by atoms with Crippen molar-refractivity contribution >= 4 is 11.8 Å². The quantitative estimate of drug-likeness (QED) is 0.499. The Hall–Kier alpha value is -1.36. The molecule has 100 valence electrons. The Morgan fingerprint density at radius 3 is 2.47 bits per heavy atom. The predicted octanol–water partition coefficient (Wildman–Crippen LogP) is 3.49. The Kier molecular flexibility index (Phi) is 4.96. The minimum atomic E-state index is -0.254. The number of nitrogens with one attached hydrogen (secondary N) is 1. The average Bonchev–Trinajstić information content (AvgIpc) is 2.42. The third kappa shape index (κ3) is 3.56. The number of hydrogen-bond donors (Lipinski definition) is 2. The van der Waals surface area contributed by atoms with Crippen LogP contribution in [-0.4, -0.2) is 5.75 Å². The highest BCUT2D eigenvalue weighted by Crippen LogP contribution is 2.25. The van der Waals surface area contributed by atoms with Crippen molar-refractivity contribution in [1.82, 2.24) is 5.43 Å². The molecule has 0 spiro atoms. The maximum absolute atomic E-state index is 13.3. The van der Waals surface area contributed by atoms with Crippen molar-refractivity contribution in [3.63, 3.8) is 0 Å². The molecule has 0 aliphatic rings. The van der Waals surface area contributed by atoms with E-state index in [4.69, 9.17) is 5.84 Å². The average molecular weight is 276 g/mol. The molecule has 0 fully saturated rings. The molecular weight excluding hydrogens is 259 g/mol. The molecule has 0 aliphatic carbocycles. The first-order valence-electron chi connectivity index (χ1n) is 6.19. The molecule has 1 atom stereocenters. The third-order valence-corrected chi connectivity index (χ3v) is 3.77. The molecule has 0 radical (unpaired) electrons. The Labute approximate surface area is 117 Å². The summed E-state index contributed by atoms with van der Waals surface area (Å²) in [6, 6.07) is 14.5. The van der Waals surface area contributed by atoms with Crippen LogP contribution in [0.3, 0.4) is 0 Å². The van der Waals surface area contributed by atoms with Crippen LogP contribution >= 0.6 is 11.8 Å². The number of rotatable bonds is 5. The topological polar surface area (TPSA) is 38.0 Å². The molecule has 3 N–H and O–H groups in total. The summed E-state index contributed by atoms with van der Waals surface area (Å²) in [7, 11) is 0. The van der Waals surface area contributed by atoms with Crippen LogP contribution in [-0.2, 0) is 0 Å². The SMILES string of the molecule is CCSc1ccc(C(NN)c2cccc(F)c2)cc1. The summed E-state index contributed by atoms with van der Waals surface area (Å²) in [5, 5.41) is 0. The fraction of sp³-hybridized carbons (Fsp3) is 0.200. The zero-order valence-corrected chi connectivity index (χ0v) is 11.6. The lowest BCUT2D eigenvalue weighted by molar-refractivity contribution is 0.605. The van der Waals surface area contributed by atoms with Gasteiger partial charge in [-0.25, -0.2) is 9.82 Å². The van der Waals surface area contributed by atoms with E-state index in [2.05, 4.69) is 24.5 Å². The maximum Gasteiger partial charge on any atom is 0.123 e. The summed E-state index contributed by atoms with van der Waals surface area (Å²) in [5.74, 6) is 6.40. The van der Waals surface area contributed by atoms with Crippen LogP contribution in [0, 0.1) is 5.82 Å². The van der Waals surface area contributed by atoms with Crippen LogP contribution in [0.1, 0.15) is 24.1 Å². The van der Waals surface area contributed by atoms with Gasteiger partial charge in [0.2, 0.25) is 0 Å². The molecule has 0 aliphatic heterocycles. The fourth-order valence-electron chi connectivity index (χ4n) is 1.99. The number of hydrogen-bond acceptors (Lipinski definition) is 3. The second-order valence-electron chi connectivity index (χ2n) is 4.16. The van der Waals surface area contributed by atoms with Crippen LogP contribution in [0.2, 0.25) is 0 Å². The number of benzene rings is 2. The van der Waals surface area contributed by atoms with Gasteiger partial charge in [0.25, 0.3) is 0 Å². The monoisotopic (exact) mass is 276 g/mol. The van der Waals surface area contributed by atoms with Gasteiger partial charge in [-0.2, -0.15) is 0 Å². The first kappa shape index (κ1) is 14.1. The van der Waals surface area contributed by atoms with Crippen LogP contribution in [0.25, 0.3) is 0 Å². The summed E-state index contributed by atoms with van der Waals surface area (Å²) in [6.45, 7) is 2.12. The van der Waals surface area contributed by atoms with E-state index in [0.717, 1.165) is 16.9 Å². The first-order chi connectivity index (χ1) is 9.24. The van der Waals surface area contributed by atoms with E-state index in [1.54, 1.807) is 17.8 Å². The van der Waals surface area contributed by atoms with E-state index >= 15 is 0 Å². The molecule has 2 nitrogen and oxygen atoms in total. The number of halogens is 1. The summed E-state index contributed by atoms with van der Waals surface area (Å²) >= 11 is 1.79. The van der Waals surface area contributed by atoms with Crippen molar-refractivity contribution in [1.29, 1.82) is 0 Å². The van der Waals surface area contributed by atoms with E-state index in [0.29, 0.717) is 0 Å². The van der Waals surface area contributed by atoms with Gasteiger partial charge in [0.05, 0.1) is 6.04 Å². The van der Waals surface area contributed by atoms with Gasteiger partial charge >= 0.3 is 0 Å². The zero-order valence-electron chi connectivity index (χ0n) is 10.8. The summed E-state index contributed by atoms with van der Waals surface area (Å²) < 4.78 is 13.3. The lowest BCUT2D eigenvalue weighted by Gasteiger charge is -2.17. The normalized spacial score (nSPS) is 12.4. The number of thioether (sulfide) groups is 1. The van der Waals surface area contributed by atoms with Gasteiger partial charge in [0.15, 0.2) is 0 Å². The van der Waals surface area contributed by atoms with Crippen LogP contribution in [0.15, 0.2) is 53.4 Å². The minimum absolute atomic E-state index is 0.198. The molecular formula is C15H17FN2S. The molecule has 0 saturated carbocycles. The Balaban J connectivity index is 2.26. The lowest BCUT2D eigenvalue weighted by Crippen LogP contribution is -2.28. The Morgan fingerprint density at radius 2 is 1.89 bits per heavy atom. The molecule has 0 aromatic heterocycles. The van der Waals surface area contributed by atoms with Gasteiger partial charge in [0.1, 0.15) is 5.82 Å². The van der Waals surface area contributed by atoms with Gasteiger partial charge < -0.3 is 0 Å². The zero-order chi connectivity index (χ0) is 13.7. The largest absolute Gasteiger partial charge is 0.271 e. The van der Waals surface area contributed by atoms with E-state index in [-0.39, 0.29) is 11.9 Å². The number of nitrogens with two attached hydrogens (primary N) is 1. The standard InChI is InChI=1S/C15H17FN2S/c1-2-19-14-8-6-11(7-9-14)15(18-17)12-4-3-5-13(16)10-12/h3-10,15,18H,2,17H2,1H3. The van der Waals surface area contributed by atoms with Crippen molar-refractivity contribution in [3.05, 3.63) is 65.5 Å². The van der Waals surface area contributed by atoms with Gasteiger partial charge in [-0.3, -0.25) is 5.84 Å². The van der Waals surface area contributed by atoms with E-state index in [9.17, 15) is 4.39 Å². The van der Waals surface area contributed by atoms with E-state index in [1.807, 2.05) is 18.2 Å². The summed E-state index contributed by atoms with van der Waals surface area (Å²) in [5.41, 5.74) is 4.58. The highest BCUT2D eigenvalue weighted by molar-refractivity contribution is 7.99. The van der Waals surface area contributed by atoms with Gasteiger partial charge in [-0.05, 0) is 41.1 Å². The van der Waals surface area contributed by atoms with Gasteiger partial charge in [0, 0.05) is 4.90 Å².